The average molecular weight is 322 g/mol. The highest BCUT2D eigenvalue weighted by Crippen LogP contribution is 2.11. The molecule has 0 aromatic carbocycles. The second kappa shape index (κ2) is 8.50. The minimum Gasteiger partial charge on any atom is -0.459 e. The monoisotopic (exact) mass is 322 g/mol. The molecule has 0 saturated carbocycles. The smallest absolute Gasteiger partial charge is 0.408 e. The number of aromatic nitrogens is 1. The van der Waals surface area contributed by atoms with E-state index in [0.717, 1.165) is 5.56 Å². The Kier molecular flexibility index (Phi) is 7.00. The van der Waals surface area contributed by atoms with Gasteiger partial charge < -0.3 is 14.8 Å². The van der Waals surface area contributed by atoms with Gasteiger partial charge in [-0.05, 0) is 50.8 Å². The predicted molar refractivity (Wildman–Crippen MR) is 86.6 cm³/mol. The van der Waals surface area contributed by atoms with Crippen molar-refractivity contribution in [3.8, 4) is 0 Å². The molecule has 1 amide bonds. The molecule has 1 N–H and O–H groups in total. The summed E-state index contributed by atoms with van der Waals surface area (Å²) in [7, 11) is 0. The van der Waals surface area contributed by atoms with Crippen LogP contribution in [0.4, 0.5) is 4.79 Å². The summed E-state index contributed by atoms with van der Waals surface area (Å²) in [6.45, 7) is 9.40. The molecule has 1 atom stereocenters. The topological polar surface area (TPSA) is 77.5 Å². The van der Waals surface area contributed by atoms with E-state index in [2.05, 4.69) is 10.3 Å². The van der Waals surface area contributed by atoms with Crippen LogP contribution in [0.25, 0.3) is 0 Å². The van der Waals surface area contributed by atoms with E-state index in [-0.39, 0.29) is 12.5 Å². The molecular weight excluding hydrogens is 296 g/mol. The molecule has 0 radical (unpaired) electrons. The third kappa shape index (κ3) is 8.18. The molecule has 0 fully saturated rings. The Morgan fingerprint density at radius 2 is 1.83 bits per heavy atom. The molecule has 1 unspecified atom stereocenters. The zero-order valence-electron chi connectivity index (χ0n) is 14.5. The van der Waals surface area contributed by atoms with Gasteiger partial charge in [-0.1, -0.05) is 13.8 Å². The van der Waals surface area contributed by atoms with E-state index < -0.39 is 23.7 Å². The Bertz CT molecular complexity index is 509. The molecule has 1 heterocycles. The largest absolute Gasteiger partial charge is 0.459 e. The van der Waals surface area contributed by atoms with Gasteiger partial charge in [-0.3, -0.25) is 4.98 Å². The van der Waals surface area contributed by atoms with Crippen LogP contribution in [0.1, 0.15) is 46.6 Å². The molecule has 1 aromatic heterocycles. The van der Waals surface area contributed by atoms with Crippen LogP contribution in [0.15, 0.2) is 24.5 Å². The Balaban J connectivity index is 2.61. The molecule has 128 valence electrons. The van der Waals surface area contributed by atoms with Gasteiger partial charge in [0.05, 0.1) is 0 Å². The van der Waals surface area contributed by atoms with Crippen LogP contribution in [-0.4, -0.2) is 28.7 Å². The van der Waals surface area contributed by atoms with E-state index in [1.807, 2.05) is 13.8 Å². The summed E-state index contributed by atoms with van der Waals surface area (Å²) < 4.78 is 10.5. The van der Waals surface area contributed by atoms with Gasteiger partial charge in [0.25, 0.3) is 0 Å². The number of hydrogen-bond acceptors (Lipinski definition) is 5. The number of pyridine rings is 1. The fourth-order valence-electron chi connectivity index (χ4n) is 1.87. The van der Waals surface area contributed by atoms with Crippen molar-refractivity contribution in [1.29, 1.82) is 0 Å². The summed E-state index contributed by atoms with van der Waals surface area (Å²) in [4.78, 5) is 28.0. The van der Waals surface area contributed by atoms with Crippen molar-refractivity contribution in [3.63, 3.8) is 0 Å². The summed E-state index contributed by atoms with van der Waals surface area (Å²) in [5.41, 5.74) is 0.224. The van der Waals surface area contributed by atoms with E-state index >= 15 is 0 Å². The summed E-state index contributed by atoms with van der Waals surface area (Å²) in [6.07, 6.45) is 3.12. The first kappa shape index (κ1) is 18.9. The van der Waals surface area contributed by atoms with Gasteiger partial charge in [-0.2, -0.15) is 0 Å². The molecule has 0 saturated heterocycles. The first-order chi connectivity index (χ1) is 10.7. The van der Waals surface area contributed by atoms with Gasteiger partial charge in [-0.25, -0.2) is 9.59 Å². The van der Waals surface area contributed by atoms with E-state index in [9.17, 15) is 9.59 Å². The lowest BCUT2D eigenvalue weighted by atomic mass is 10.0. The molecule has 0 spiro atoms. The number of carbonyl (C=O) groups excluding carboxylic acids is 2. The Morgan fingerprint density at radius 3 is 2.35 bits per heavy atom. The Labute approximate surface area is 137 Å². The summed E-state index contributed by atoms with van der Waals surface area (Å²) in [6, 6.07) is 2.81. The van der Waals surface area contributed by atoms with Crippen molar-refractivity contribution in [2.75, 3.05) is 0 Å². The molecule has 1 aromatic rings. The number of ether oxygens (including phenoxy) is 2. The number of nitrogens with zero attached hydrogens (tertiary/aromatic N) is 1. The molecule has 23 heavy (non-hydrogen) atoms. The number of rotatable bonds is 6. The van der Waals surface area contributed by atoms with Gasteiger partial charge in [0.2, 0.25) is 0 Å². The van der Waals surface area contributed by atoms with Gasteiger partial charge >= 0.3 is 12.1 Å². The normalized spacial score (nSPS) is 12.6. The molecule has 0 aliphatic carbocycles. The fraction of sp³-hybridized carbons (Fsp3) is 0.588. The maximum atomic E-state index is 12.2. The number of amides is 1. The van der Waals surface area contributed by atoms with Crippen molar-refractivity contribution in [2.24, 2.45) is 5.92 Å². The van der Waals surface area contributed by atoms with Gasteiger partial charge in [0.15, 0.2) is 0 Å². The number of hydrogen-bond donors (Lipinski definition) is 1. The lowest BCUT2D eigenvalue weighted by Crippen LogP contribution is -2.44. The molecule has 6 heteroatoms. The van der Waals surface area contributed by atoms with Crippen LogP contribution in [0.2, 0.25) is 0 Å². The van der Waals surface area contributed by atoms with Crippen molar-refractivity contribution in [3.05, 3.63) is 30.1 Å². The van der Waals surface area contributed by atoms with E-state index in [0.29, 0.717) is 6.42 Å². The molecule has 0 bridgehead atoms. The summed E-state index contributed by atoms with van der Waals surface area (Å²) in [5, 5.41) is 2.59. The molecule has 0 aliphatic rings. The number of alkyl carbamates (subject to hydrolysis) is 1. The first-order valence-electron chi connectivity index (χ1n) is 7.72. The highest BCUT2D eigenvalue weighted by Gasteiger charge is 2.26. The van der Waals surface area contributed by atoms with Crippen molar-refractivity contribution >= 4 is 12.1 Å². The second-order valence-electron chi connectivity index (χ2n) is 6.79. The first-order valence-corrected chi connectivity index (χ1v) is 7.72. The van der Waals surface area contributed by atoms with E-state index in [4.69, 9.17) is 9.47 Å². The maximum absolute atomic E-state index is 12.2. The third-order valence-electron chi connectivity index (χ3n) is 2.81. The van der Waals surface area contributed by atoms with Crippen molar-refractivity contribution in [2.45, 2.75) is 59.3 Å². The minimum absolute atomic E-state index is 0.145. The summed E-state index contributed by atoms with van der Waals surface area (Å²) >= 11 is 0. The van der Waals surface area contributed by atoms with E-state index in [1.54, 1.807) is 45.3 Å². The van der Waals surface area contributed by atoms with Gasteiger partial charge in [0, 0.05) is 12.4 Å². The van der Waals surface area contributed by atoms with Crippen LogP contribution in [0.3, 0.4) is 0 Å². The van der Waals surface area contributed by atoms with Crippen LogP contribution < -0.4 is 5.32 Å². The van der Waals surface area contributed by atoms with Crippen LogP contribution in [0, 0.1) is 5.92 Å². The summed E-state index contributed by atoms with van der Waals surface area (Å²) in [5.74, 6) is -0.246. The zero-order chi connectivity index (χ0) is 17.5. The third-order valence-corrected chi connectivity index (χ3v) is 2.81. The lowest BCUT2D eigenvalue weighted by Gasteiger charge is -2.23. The number of esters is 1. The highest BCUT2D eigenvalue weighted by molar-refractivity contribution is 5.81. The van der Waals surface area contributed by atoms with E-state index in [1.165, 1.54) is 0 Å². The average Bonchev–Trinajstić information content (AvgIpc) is 2.42. The van der Waals surface area contributed by atoms with Crippen molar-refractivity contribution < 1.29 is 19.1 Å². The Morgan fingerprint density at radius 1 is 1.22 bits per heavy atom. The molecule has 1 rings (SSSR count). The SMILES string of the molecule is CC(C)CC(NC(=O)OC(C)(C)C)C(=O)OCc1ccncc1. The van der Waals surface area contributed by atoms with Gasteiger partial charge in [0.1, 0.15) is 18.2 Å². The van der Waals surface area contributed by atoms with Crippen LogP contribution in [0.5, 0.6) is 0 Å². The van der Waals surface area contributed by atoms with Gasteiger partial charge in [-0.15, -0.1) is 0 Å². The quantitative estimate of drug-likeness (QED) is 0.814. The van der Waals surface area contributed by atoms with Crippen LogP contribution in [-0.2, 0) is 20.9 Å². The maximum Gasteiger partial charge on any atom is 0.408 e. The minimum atomic E-state index is -0.730. The Hall–Kier alpha value is -2.11. The lowest BCUT2D eigenvalue weighted by molar-refractivity contribution is -0.148. The fourth-order valence-corrected chi connectivity index (χ4v) is 1.87. The number of nitrogens with one attached hydrogen (secondary N) is 1. The standard InChI is InChI=1S/C17H26N2O4/c1-12(2)10-14(19-16(21)23-17(3,4)5)15(20)22-11-13-6-8-18-9-7-13/h6-9,12,14H,10-11H2,1-5H3,(H,19,21). The molecule has 0 aliphatic heterocycles. The molecule has 6 nitrogen and oxygen atoms in total. The predicted octanol–water partition coefficient (Wildman–Crippen LogP) is 3.06. The zero-order valence-corrected chi connectivity index (χ0v) is 14.5. The molecular formula is C17H26N2O4. The highest BCUT2D eigenvalue weighted by atomic mass is 16.6. The number of carbonyl (C=O) groups is 2. The van der Waals surface area contributed by atoms with Crippen LogP contribution >= 0.6 is 0 Å². The second-order valence-corrected chi connectivity index (χ2v) is 6.79. The van der Waals surface area contributed by atoms with Crippen molar-refractivity contribution in [1.82, 2.24) is 10.3 Å².